The second-order valence-electron chi connectivity index (χ2n) is 5.07. The Labute approximate surface area is 99.7 Å². The number of nitrogens with zero attached hydrogens (tertiary/aromatic N) is 1. The third-order valence-corrected chi connectivity index (χ3v) is 3.11. The number of aryl methyl sites for hydroxylation is 1. The van der Waals surface area contributed by atoms with E-state index < -0.39 is 0 Å². The zero-order valence-corrected chi connectivity index (χ0v) is 11.3. The topological polar surface area (TPSA) is 15.3 Å². The van der Waals surface area contributed by atoms with E-state index in [-0.39, 0.29) is 0 Å². The van der Waals surface area contributed by atoms with Crippen molar-refractivity contribution in [2.45, 2.75) is 33.7 Å². The van der Waals surface area contributed by atoms with Crippen molar-refractivity contribution < 1.29 is 0 Å². The van der Waals surface area contributed by atoms with Crippen molar-refractivity contribution in [2.24, 2.45) is 5.92 Å². The standard InChI is InChI=1S/C14H24N2/c1-10(2)12(4)15-14-8-7-13(16(5)6)9-11(14)3/h7-10,12,15H,1-6H3. The summed E-state index contributed by atoms with van der Waals surface area (Å²) in [6, 6.07) is 7.05. The van der Waals surface area contributed by atoms with Crippen LogP contribution in [0.15, 0.2) is 18.2 Å². The van der Waals surface area contributed by atoms with Crippen LogP contribution in [0.25, 0.3) is 0 Å². The number of hydrogen-bond acceptors (Lipinski definition) is 2. The van der Waals surface area contributed by atoms with Crippen LogP contribution in [-0.2, 0) is 0 Å². The highest BCUT2D eigenvalue weighted by Crippen LogP contribution is 2.22. The van der Waals surface area contributed by atoms with Crippen molar-refractivity contribution in [1.29, 1.82) is 0 Å². The summed E-state index contributed by atoms with van der Waals surface area (Å²) in [5.41, 5.74) is 3.80. The third kappa shape index (κ3) is 3.16. The zero-order chi connectivity index (χ0) is 12.3. The number of benzene rings is 1. The van der Waals surface area contributed by atoms with Gasteiger partial charge in [0.05, 0.1) is 0 Å². The zero-order valence-electron chi connectivity index (χ0n) is 11.3. The molecule has 1 atom stereocenters. The van der Waals surface area contributed by atoms with Gasteiger partial charge in [-0.2, -0.15) is 0 Å². The largest absolute Gasteiger partial charge is 0.382 e. The number of anilines is 2. The van der Waals surface area contributed by atoms with Crippen LogP contribution in [-0.4, -0.2) is 20.1 Å². The predicted molar refractivity (Wildman–Crippen MR) is 73.4 cm³/mol. The van der Waals surface area contributed by atoms with Crippen molar-refractivity contribution in [1.82, 2.24) is 0 Å². The summed E-state index contributed by atoms with van der Waals surface area (Å²) in [4.78, 5) is 2.13. The average Bonchev–Trinajstić information content (AvgIpc) is 2.20. The van der Waals surface area contributed by atoms with Gasteiger partial charge in [-0.3, -0.25) is 0 Å². The van der Waals surface area contributed by atoms with Crippen LogP contribution in [0.1, 0.15) is 26.3 Å². The van der Waals surface area contributed by atoms with Gasteiger partial charge in [0.25, 0.3) is 0 Å². The lowest BCUT2D eigenvalue weighted by atomic mass is 10.1. The average molecular weight is 220 g/mol. The third-order valence-electron chi connectivity index (χ3n) is 3.11. The summed E-state index contributed by atoms with van der Waals surface area (Å²) in [6.07, 6.45) is 0. The van der Waals surface area contributed by atoms with Gasteiger partial charge in [0.15, 0.2) is 0 Å². The highest BCUT2D eigenvalue weighted by Gasteiger charge is 2.08. The van der Waals surface area contributed by atoms with E-state index in [2.05, 4.69) is 70.2 Å². The summed E-state index contributed by atoms with van der Waals surface area (Å²) in [5, 5.41) is 3.56. The van der Waals surface area contributed by atoms with Crippen molar-refractivity contribution in [3.8, 4) is 0 Å². The maximum atomic E-state index is 3.56. The van der Waals surface area contributed by atoms with E-state index in [0.717, 1.165) is 0 Å². The van der Waals surface area contributed by atoms with Crippen LogP contribution in [0.4, 0.5) is 11.4 Å². The highest BCUT2D eigenvalue weighted by atomic mass is 15.1. The molecule has 1 aromatic rings. The Bertz CT molecular complexity index is 343. The molecule has 0 amide bonds. The lowest BCUT2D eigenvalue weighted by molar-refractivity contribution is 0.560. The minimum absolute atomic E-state index is 0.504. The first-order valence-corrected chi connectivity index (χ1v) is 5.96. The van der Waals surface area contributed by atoms with Crippen molar-refractivity contribution in [3.63, 3.8) is 0 Å². The predicted octanol–water partition coefficient (Wildman–Crippen LogP) is 3.52. The molecule has 0 aliphatic carbocycles. The fourth-order valence-electron chi connectivity index (χ4n) is 1.50. The molecule has 2 heteroatoms. The molecule has 0 aliphatic rings. The molecule has 1 aromatic carbocycles. The lowest BCUT2D eigenvalue weighted by Gasteiger charge is -2.21. The van der Waals surface area contributed by atoms with Crippen molar-refractivity contribution >= 4 is 11.4 Å². The maximum Gasteiger partial charge on any atom is 0.0373 e. The van der Waals surface area contributed by atoms with Gasteiger partial charge in [-0.05, 0) is 43.5 Å². The molecule has 0 aliphatic heterocycles. The highest BCUT2D eigenvalue weighted by molar-refractivity contribution is 5.60. The number of rotatable bonds is 4. The Morgan fingerprint density at radius 1 is 1.12 bits per heavy atom. The second-order valence-corrected chi connectivity index (χ2v) is 5.07. The maximum absolute atomic E-state index is 3.56. The molecular weight excluding hydrogens is 196 g/mol. The van der Waals surface area contributed by atoms with Crippen LogP contribution >= 0.6 is 0 Å². The molecule has 1 N–H and O–H groups in total. The molecule has 0 aromatic heterocycles. The van der Waals surface area contributed by atoms with Crippen molar-refractivity contribution in [2.75, 3.05) is 24.3 Å². The monoisotopic (exact) mass is 220 g/mol. The number of nitrogens with one attached hydrogen (secondary N) is 1. The molecule has 0 radical (unpaired) electrons. The molecule has 0 fully saturated rings. The van der Waals surface area contributed by atoms with Gasteiger partial charge in [-0.1, -0.05) is 13.8 Å². The van der Waals surface area contributed by atoms with E-state index in [1.165, 1.54) is 16.9 Å². The fourth-order valence-corrected chi connectivity index (χ4v) is 1.50. The molecule has 1 rings (SSSR count). The summed E-state index contributed by atoms with van der Waals surface area (Å²) in [7, 11) is 4.14. The van der Waals surface area contributed by atoms with Gasteiger partial charge >= 0.3 is 0 Å². The summed E-state index contributed by atoms with van der Waals surface area (Å²) < 4.78 is 0. The summed E-state index contributed by atoms with van der Waals surface area (Å²) in [5.74, 6) is 0.646. The molecule has 0 spiro atoms. The lowest BCUT2D eigenvalue weighted by Crippen LogP contribution is -2.22. The van der Waals surface area contributed by atoms with Gasteiger partial charge in [-0.15, -0.1) is 0 Å². The minimum atomic E-state index is 0.504. The molecular formula is C14H24N2. The Morgan fingerprint density at radius 3 is 2.19 bits per heavy atom. The molecule has 0 saturated carbocycles. The quantitative estimate of drug-likeness (QED) is 0.835. The van der Waals surface area contributed by atoms with Gasteiger partial charge in [0, 0.05) is 31.5 Å². The Kier molecular flexibility index (Phi) is 4.22. The first-order valence-electron chi connectivity index (χ1n) is 5.96. The molecule has 16 heavy (non-hydrogen) atoms. The van der Waals surface area contributed by atoms with Gasteiger partial charge in [-0.25, -0.2) is 0 Å². The van der Waals surface area contributed by atoms with E-state index in [1.54, 1.807) is 0 Å². The van der Waals surface area contributed by atoms with E-state index in [9.17, 15) is 0 Å². The molecule has 90 valence electrons. The molecule has 0 heterocycles. The molecule has 2 nitrogen and oxygen atoms in total. The van der Waals surface area contributed by atoms with Gasteiger partial charge in [0.2, 0.25) is 0 Å². The van der Waals surface area contributed by atoms with E-state index >= 15 is 0 Å². The van der Waals surface area contributed by atoms with E-state index in [1.807, 2.05) is 0 Å². The smallest absolute Gasteiger partial charge is 0.0373 e. The molecule has 0 saturated heterocycles. The van der Waals surface area contributed by atoms with Crippen LogP contribution in [0, 0.1) is 12.8 Å². The minimum Gasteiger partial charge on any atom is -0.382 e. The fraction of sp³-hybridized carbons (Fsp3) is 0.571. The first-order chi connectivity index (χ1) is 7.41. The van der Waals surface area contributed by atoms with Crippen LogP contribution in [0.2, 0.25) is 0 Å². The van der Waals surface area contributed by atoms with Crippen LogP contribution < -0.4 is 10.2 Å². The SMILES string of the molecule is Cc1cc(N(C)C)ccc1NC(C)C(C)C. The second kappa shape index (κ2) is 5.24. The van der Waals surface area contributed by atoms with Crippen LogP contribution in [0.3, 0.4) is 0 Å². The van der Waals surface area contributed by atoms with Crippen molar-refractivity contribution in [3.05, 3.63) is 23.8 Å². The Morgan fingerprint density at radius 2 is 1.75 bits per heavy atom. The normalized spacial score (nSPS) is 12.7. The molecule has 1 unspecified atom stereocenters. The molecule has 0 bridgehead atoms. The first kappa shape index (κ1) is 12.9. The van der Waals surface area contributed by atoms with Crippen LogP contribution in [0.5, 0.6) is 0 Å². The van der Waals surface area contributed by atoms with E-state index in [4.69, 9.17) is 0 Å². The Balaban J connectivity index is 2.83. The van der Waals surface area contributed by atoms with E-state index in [0.29, 0.717) is 12.0 Å². The van der Waals surface area contributed by atoms with Gasteiger partial charge in [0.1, 0.15) is 0 Å². The Hall–Kier alpha value is -1.18. The van der Waals surface area contributed by atoms with Gasteiger partial charge < -0.3 is 10.2 Å². The summed E-state index contributed by atoms with van der Waals surface area (Å²) in [6.45, 7) is 8.86. The number of hydrogen-bond donors (Lipinski definition) is 1. The summed E-state index contributed by atoms with van der Waals surface area (Å²) >= 11 is 0.